The van der Waals surface area contributed by atoms with Crippen molar-refractivity contribution in [3.8, 4) is 0 Å². The highest BCUT2D eigenvalue weighted by atomic mass is 16.5. The number of carbonyl (C=O) groups is 3. The highest BCUT2D eigenvalue weighted by Crippen LogP contribution is 2.17. The summed E-state index contributed by atoms with van der Waals surface area (Å²) < 4.78 is 5.11. The summed E-state index contributed by atoms with van der Waals surface area (Å²) in [6.45, 7) is 5.37. The Hall–Kier alpha value is -2.37. The Morgan fingerprint density at radius 2 is 2.09 bits per heavy atom. The number of carbonyl (C=O) groups excluding carboxylic acids is 3. The molecule has 118 valence electrons. The standard InChI is InChI=1S/C16H20N2O4/c1-9-4-5-12(10(2)8-9)18-15(20)11(3)22-16(21)13-6-7-14(19)17-13/h4-5,8,11,13H,6-7H2,1-3H3,(H,17,19)(H,18,20)/t11-,13+/m0/s1. The molecule has 0 radical (unpaired) electrons. The molecule has 1 fully saturated rings. The molecule has 0 aliphatic carbocycles. The predicted molar refractivity (Wildman–Crippen MR) is 81.3 cm³/mol. The van der Waals surface area contributed by atoms with Crippen LogP contribution in [0.25, 0.3) is 0 Å². The average Bonchev–Trinajstić information content (AvgIpc) is 2.88. The van der Waals surface area contributed by atoms with Crippen molar-refractivity contribution >= 4 is 23.5 Å². The molecule has 2 atom stereocenters. The molecule has 2 amide bonds. The summed E-state index contributed by atoms with van der Waals surface area (Å²) in [6, 6.07) is 5.02. The third kappa shape index (κ3) is 3.84. The third-order valence-electron chi connectivity index (χ3n) is 3.58. The van der Waals surface area contributed by atoms with Crippen molar-refractivity contribution in [2.75, 3.05) is 5.32 Å². The molecule has 1 aromatic rings. The number of benzene rings is 1. The number of nitrogens with one attached hydrogen (secondary N) is 2. The second-order valence-corrected chi connectivity index (χ2v) is 5.55. The van der Waals surface area contributed by atoms with Gasteiger partial charge in [0.25, 0.3) is 5.91 Å². The summed E-state index contributed by atoms with van der Waals surface area (Å²) >= 11 is 0. The first kappa shape index (κ1) is 16.0. The molecule has 2 rings (SSSR count). The number of amides is 2. The van der Waals surface area contributed by atoms with Gasteiger partial charge in [0.2, 0.25) is 5.91 Å². The molecule has 1 heterocycles. The highest BCUT2D eigenvalue weighted by Gasteiger charge is 2.30. The molecule has 6 heteroatoms. The van der Waals surface area contributed by atoms with Gasteiger partial charge < -0.3 is 15.4 Å². The van der Waals surface area contributed by atoms with Crippen LogP contribution in [0.5, 0.6) is 0 Å². The lowest BCUT2D eigenvalue weighted by atomic mass is 10.1. The maximum absolute atomic E-state index is 12.1. The van der Waals surface area contributed by atoms with E-state index in [-0.39, 0.29) is 5.91 Å². The first-order valence-electron chi connectivity index (χ1n) is 7.25. The Balaban J connectivity index is 1.91. The number of anilines is 1. The smallest absolute Gasteiger partial charge is 0.329 e. The van der Waals surface area contributed by atoms with Crippen LogP contribution in [-0.4, -0.2) is 29.9 Å². The number of rotatable bonds is 4. The van der Waals surface area contributed by atoms with Crippen molar-refractivity contribution in [1.82, 2.24) is 5.32 Å². The van der Waals surface area contributed by atoms with Gasteiger partial charge in [0, 0.05) is 12.1 Å². The molecule has 22 heavy (non-hydrogen) atoms. The molecule has 0 spiro atoms. The molecule has 1 saturated heterocycles. The number of ether oxygens (including phenoxy) is 1. The Labute approximate surface area is 129 Å². The van der Waals surface area contributed by atoms with E-state index < -0.39 is 24.0 Å². The first-order valence-corrected chi connectivity index (χ1v) is 7.25. The Morgan fingerprint density at radius 3 is 2.68 bits per heavy atom. The van der Waals surface area contributed by atoms with E-state index in [1.54, 1.807) is 0 Å². The molecule has 6 nitrogen and oxygen atoms in total. The van der Waals surface area contributed by atoms with Gasteiger partial charge in [-0.25, -0.2) is 4.79 Å². The predicted octanol–water partition coefficient (Wildman–Crippen LogP) is 1.45. The van der Waals surface area contributed by atoms with Crippen molar-refractivity contribution in [1.29, 1.82) is 0 Å². The zero-order valence-electron chi connectivity index (χ0n) is 12.9. The van der Waals surface area contributed by atoms with Crippen molar-refractivity contribution < 1.29 is 19.1 Å². The molecule has 1 aliphatic heterocycles. The number of esters is 1. The summed E-state index contributed by atoms with van der Waals surface area (Å²) in [7, 11) is 0. The van der Waals surface area contributed by atoms with E-state index in [0.717, 1.165) is 11.1 Å². The van der Waals surface area contributed by atoms with Gasteiger partial charge in [-0.1, -0.05) is 17.7 Å². The van der Waals surface area contributed by atoms with Gasteiger partial charge in [-0.05, 0) is 38.8 Å². The van der Waals surface area contributed by atoms with Crippen LogP contribution in [-0.2, 0) is 19.1 Å². The lowest BCUT2D eigenvalue weighted by molar-refractivity contribution is -0.155. The molecule has 1 aromatic carbocycles. The second kappa shape index (κ2) is 6.60. The quantitative estimate of drug-likeness (QED) is 0.825. The zero-order valence-corrected chi connectivity index (χ0v) is 12.9. The summed E-state index contributed by atoms with van der Waals surface area (Å²) in [5.41, 5.74) is 2.73. The van der Waals surface area contributed by atoms with Gasteiger partial charge in [-0.15, -0.1) is 0 Å². The summed E-state index contributed by atoms with van der Waals surface area (Å²) in [5, 5.41) is 5.26. The zero-order chi connectivity index (χ0) is 16.3. The minimum atomic E-state index is -0.925. The van der Waals surface area contributed by atoms with Crippen molar-refractivity contribution in [3.63, 3.8) is 0 Å². The van der Waals surface area contributed by atoms with Gasteiger partial charge in [0.1, 0.15) is 6.04 Å². The van der Waals surface area contributed by atoms with Gasteiger partial charge in [0.15, 0.2) is 6.10 Å². The van der Waals surface area contributed by atoms with E-state index in [1.165, 1.54) is 6.92 Å². The topological polar surface area (TPSA) is 84.5 Å². The van der Waals surface area contributed by atoms with Crippen LogP contribution < -0.4 is 10.6 Å². The molecule has 2 N–H and O–H groups in total. The van der Waals surface area contributed by atoms with E-state index in [2.05, 4.69) is 10.6 Å². The highest BCUT2D eigenvalue weighted by molar-refractivity contribution is 5.96. The van der Waals surface area contributed by atoms with Gasteiger partial charge in [-0.3, -0.25) is 9.59 Å². The van der Waals surface area contributed by atoms with Crippen LogP contribution in [0.4, 0.5) is 5.69 Å². The summed E-state index contributed by atoms with van der Waals surface area (Å²) in [4.78, 5) is 35.0. The molecule has 0 saturated carbocycles. The van der Waals surface area contributed by atoms with Crippen LogP contribution in [0, 0.1) is 13.8 Å². The van der Waals surface area contributed by atoms with E-state index >= 15 is 0 Å². The minimum Gasteiger partial charge on any atom is -0.451 e. The Bertz CT molecular complexity index is 612. The second-order valence-electron chi connectivity index (χ2n) is 5.55. The lowest BCUT2D eigenvalue weighted by Gasteiger charge is -2.17. The monoisotopic (exact) mass is 304 g/mol. The molecular weight excluding hydrogens is 284 g/mol. The summed E-state index contributed by atoms with van der Waals surface area (Å²) in [6.07, 6.45) is -0.211. The van der Waals surface area contributed by atoms with Crippen LogP contribution in [0.15, 0.2) is 18.2 Å². The Morgan fingerprint density at radius 1 is 1.36 bits per heavy atom. The Kier molecular flexibility index (Phi) is 4.80. The summed E-state index contributed by atoms with van der Waals surface area (Å²) in [5.74, 6) is -1.15. The maximum atomic E-state index is 12.1. The fourth-order valence-electron chi connectivity index (χ4n) is 2.29. The SMILES string of the molecule is Cc1ccc(NC(=O)[C@H](C)OC(=O)[C@H]2CCC(=O)N2)c(C)c1. The van der Waals surface area contributed by atoms with Gasteiger partial charge >= 0.3 is 5.97 Å². The number of hydrogen-bond acceptors (Lipinski definition) is 4. The largest absolute Gasteiger partial charge is 0.451 e. The number of aryl methyl sites for hydroxylation is 2. The van der Waals surface area contributed by atoms with Crippen LogP contribution in [0.1, 0.15) is 30.9 Å². The maximum Gasteiger partial charge on any atom is 0.329 e. The van der Waals surface area contributed by atoms with E-state index in [1.807, 2.05) is 32.0 Å². The van der Waals surface area contributed by atoms with Crippen LogP contribution >= 0.6 is 0 Å². The lowest BCUT2D eigenvalue weighted by Crippen LogP contribution is -2.39. The third-order valence-corrected chi connectivity index (χ3v) is 3.58. The van der Waals surface area contributed by atoms with E-state index in [9.17, 15) is 14.4 Å². The average molecular weight is 304 g/mol. The molecular formula is C16H20N2O4. The first-order chi connectivity index (χ1) is 10.4. The van der Waals surface area contributed by atoms with E-state index in [4.69, 9.17) is 4.74 Å². The van der Waals surface area contributed by atoms with Gasteiger partial charge in [-0.2, -0.15) is 0 Å². The van der Waals surface area contributed by atoms with Gasteiger partial charge in [0.05, 0.1) is 0 Å². The van der Waals surface area contributed by atoms with Crippen molar-refractivity contribution in [2.45, 2.75) is 45.8 Å². The van der Waals surface area contributed by atoms with Crippen molar-refractivity contribution in [3.05, 3.63) is 29.3 Å². The number of hydrogen-bond donors (Lipinski definition) is 2. The normalized spacial score (nSPS) is 18.5. The van der Waals surface area contributed by atoms with Crippen LogP contribution in [0.2, 0.25) is 0 Å². The van der Waals surface area contributed by atoms with Crippen LogP contribution in [0.3, 0.4) is 0 Å². The minimum absolute atomic E-state index is 0.172. The molecule has 1 aliphatic rings. The fraction of sp³-hybridized carbons (Fsp3) is 0.438. The molecule has 0 unspecified atom stereocenters. The fourth-order valence-corrected chi connectivity index (χ4v) is 2.29. The van der Waals surface area contributed by atoms with Crippen molar-refractivity contribution in [2.24, 2.45) is 0 Å². The van der Waals surface area contributed by atoms with E-state index in [0.29, 0.717) is 18.5 Å². The molecule has 0 bridgehead atoms. The molecule has 0 aromatic heterocycles.